The normalized spacial score (nSPS) is 21.4. The summed E-state index contributed by atoms with van der Waals surface area (Å²) in [4.78, 5) is 0.307. The van der Waals surface area contributed by atoms with Gasteiger partial charge < -0.3 is 5.32 Å². The maximum atomic E-state index is 12.0. The molecule has 19 heavy (non-hydrogen) atoms. The SMILES string of the molecule is CC(C)NS(=O)(=O)c1ccc(NC2CC2(C)C)cc1. The van der Waals surface area contributed by atoms with Gasteiger partial charge in [0.15, 0.2) is 0 Å². The largest absolute Gasteiger partial charge is 0.382 e. The summed E-state index contributed by atoms with van der Waals surface area (Å²) in [6.45, 7) is 8.05. The molecular formula is C14H22N2O2S. The third-order valence-corrected chi connectivity index (χ3v) is 5.08. The maximum Gasteiger partial charge on any atom is 0.240 e. The number of anilines is 1. The molecule has 0 bridgehead atoms. The van der Waals surface area contributed by atoms with E-state index in [-0.39, 0.29) is 6.04 Å². The Bertz CT molecular complexity index is 547. The quantitative estimate of drug-likeness (QED) is 0.872. The van der Waals surface area contributed by atoms with Gasteiger partial charge in [0.25, 0.3) is 0 Å². The van der Waals surface area contributed by atoms with E-state index in [1.165, 1.54) is 0 Å². The molecule has 1 saturated carbocycles. The lowest BCUT2D eigenvalue weighted by Gasteiger charge is -2.11. The minimum atomic E-state index is -3.39. The second kappa shape index (κ2) is 4.80. The minimum absolute atomic E-state index is 0.102. The molecule has 0 saturated heterocycles. The third kappa shape index (κ3) is 3.48. The lowest BCUT2D eigenvalue weighted by molar-refractivity contribution is 0.570. The van der Waals surface area contributed by atoms with Gasteiger partial charge in [-0.15, -0.1) is 0 Å². The number of benzene rings is 1. The summed E-state index contributed by atoms with van der Waals surface area (Å²) >= 11 is 0. The highest BCUT2D eigenvalue weighted by Crippen LogP contribution is 2.46. The molecule has 0 radical (unpaired) electrons. The van der Waals surface area contributed by atoms with Crippen LogP contribution < -0.4 is 10.0 Å². The molecule has 0 heterocycles. The predicted octanol–water partition coefficient (Wildman–Crippen LogP) is 2.58. The molecule has 106 valence electrons. The second-order valence-electron chi connectivity index (χ2n) is 6.19. The standard InChI is InChI=1S/C14H22N2O2S/c1-10(2)16-19(17,18)12-7-5-11(6-8-12)15-13-9-14(13,3)4/h5-8,10,13,15-16H,9H2,1-4H3. The smallest absolute Gasteiger partial charge is 0.240 e. The van der Waals surface area contributed by atoms with Gasteiger partial charge >= 0.3 is 0 Å². The molecule has 1 aliphatic rings. The Morgan fingerprint density at radius 2 is 1.74 bits per heavy atom. The van der Waals surface area contributed by atoms with E-state index >= 15 is 0 Å². The van der Waals surface area contributed by atoms with Gasteiger partial charge in [-0.1, -0.05) is 13.8 Å². The average molecular weight is 282 g/mol. The van der Waals surface area contributed by atoms with E-state index in [4.69, 9.17) is 0 Å². The van der Waals surface area contributed by atoms with Crippen molar-refractivity contribution in [3.8, 4) is 0 Å². The molecule has 1 atom stereocenters. The topological polar surface area (TPSA) is 58.2 Å². The van der Waals surface area contributed by atoms with Gasteiger partial charge in [-0.05, 0) is 49.9 Å². The highest BCUT2D eigenvalue weighted by Gasteiger charge is 2.45. The zero-order valence-electron chi connectivity index (χ0n) is 11.9. The first-order valence-electron chi connectivity index (χ1n) is 6.60. The molecule has 1 aromatic carbocycles. The molecule has 2 N–H and O–H groups in total. The fourth-order valence-corrected chi connectivity index (χ4v) is 3.27. The van der Waals surface area contributed by atoms with Crippen molar-refractivity contribution in [2.45, 2.75) is 51.1 Å². The summed E-state index contributed by atoms with van der Waals surface area (Å²) in [5, 5.41) is 3.41. The van der Waals surface area contributed by atoms with E-state index in [0.29, 0.717) is 16.4 Å². The Balaban J connectivity index is 2.06. The van der Waals surface area contributed by atoms with Crippen LogP contribution in [0.3, 0.4) is 0 Å². The summed E-state index contributed by atoms with van der Waals surface area (Å²) in [6, 6.07) is 7.32. The maximum absolute atomic E-state index is 12.0. The molecule has 2 rings (SSSR count). The summed E-state index contributed by atoms with van der Waals surface area (Å²) < 4.78 is 26.5. The number of rotatable bonds is 5. The minimum Gasteiger partial charge on any atom is -0.382 e. The second-order valence-corrected chi connectivity index (χ2v) is 7.90. The first kappa shape index (κ1) is 14.3. The van der Waals surface area contributed by atoms with Gasteiger partial charge in [0.1, 0.15) is 0 Å². The Labute approximate surface area is 115 Å². The van der Waals surface area contributed by atoms with Crippen molar-refractivity contribution in [3.05, 3.63) is 24.3 Å². The van der Waals surface area contributed by atoms with E-state index in [1.54, 1.807) is 12.1 Å². The van der Waals surface area contributed by atoms with Crippen LogP contribution in [-0.4, -0.2) is 20.5 Å². The van der Waals surface area contributed by atoms with Crippen LogP contribution in [0.2, 0.25) is 0 Å². The van der Waals surface area contributed by atoms with Crippen LogP contribution >= 0.6 is 0 Å². The summed E-state index contributed by atoms with van der Waals surface area (Å²) in [7, 11) is -3.39. The van der Waals surface area contributed by atoms with Crippen LogP contribution in [0.4, 0.5) is 5.69 Å². The van der Waals surface area contributed by atoms with E-state index < -0.39 is 10.0 Å². The van der Waals surface area contributed by atoms with E-state index in [2.05, 4.69) is 23.9 Å². The number of hydrogen-bond acceptors (Lipinski definition) is 3. The van der Waals surface area contributed by atoms with Crippen molar-refractivity contribution in [1.29, 1.82) is 0 Å². The fraction of sp³-hybridized carbons (Fsp3) is 0.571. The Morgan fingerprint density at radius 1 is 1.21 bits per heavy atom. The van der Waals surface area contributed by atoms with Crippen molar-refractivity contribution in [2.24, 2.45) is 5.41 Å². The van der Waals surface area contributed by atoms with E-state index in [1.807, 2.05) is 26.0 Å². The van der Waals surface area contributed by atoms with E-state index in [0.717, 1.165) is 12.1 Å². The number of sulfonamides is 1. The molecule has 1 unspecified atom stereocenters. The first-order valence-corrected chi connectivity index (χ1v) is 8.08. The zero-order chi connectivity index (χ0) is 14.3. The van der Waals surface area contributed by atoms with Crippen LogP contribution in [0.5, 0.6) is 0 Å². The predicted molar refractivity (Wildman–Crippen MR) is 77.7 cm³/mol. The van der Waals surface area contributed by atoms with E-state index in [9.17, 15) is 8.42 Å². The summed E-state index contributed by atoms with van der Waals surface area (Å²) in [5.41, 5.74) is 1.32. The molecular weight excluding hydrogens is 260 g/mol. The Hall–Kier alpha value is -1.07. The Kier molecular flexibility index (Phi) is 3.62. The van der Waals surface area contributed by atoms with Gasteiger partial charge in [0.2, 0.25) is 10.0 Å². The monoisotopic (exact) mass is 282 g/mol. The number of nitrogens with one attached hydrogen (secondary N) is 2. The van der Waals surface area contributed by atoms with Crippen LogP contribution in [0.25, 0.3) is 0 Å². The van der Waals surface area contributed by atoms with Crippen LogP contribution in [0.1, 0.15) is 34.1 Å². The van der Waals surface area contributed by atoms with Gasteiger partial charge in [0, 0.05) is 17.8 Å². The van der Waals surface area contributed by atoms with Crippen molar-refractivity contribution < 1.29 is 8.42 Å². The molecule has 1 fully saturated rings. The van der Waals surface area contributed by atoms with Crippen molar-refractivity contribution in [3.63, 3.8) is 0 Å². The zero-order valence-corrected chi connectivity index (χ0v) is 12.7. The fourth-order valence-electron chi connectivity index (χ4n) is 2.02. The van der Waals surface area contributed by atoms with Crippen molar-refractivity contribution >= 4 is 15.7 Å². The highest BCUT2D eigenvalue weighted by molar-refractivity contribution is 7.89. The lowest BCUT2D eigenvalue weighted by atomic mass is 10.2. The first-order chi connectivity index (χ1) is 8.71. The van der Waals surface area contributed by atoms with Gasteiger partial charge in [-0.2, -0.15) is 0 Å². The van der Waals surface area contributed by atoms with Gasteiger partial charge in [0.05, 0.1) is 4.90 Å². The molecule has 5 heteroatoms. The van der Waals surface area contributed by atoms with Crippen LogP contribution in [0.15, 0.2) is 29.2 Å². The molecule has 1 aromatic rings. The molecule has 0 aromatic heterocycles. The highest BCUT2D eigenvalue weighted by atomic mass is 32.2. The Morgan fingerprint density at radius 3 is 2.16 bits per heavy atom. The summed E-state index contributed by atoms with van der Waals surface area (Å²) in [6.07, 6.45) is 1.15. The van der Waals surface area contributed by atoms with Crippen LogP contribution in [-0.2, 0) is 10.0 Å². The van der Waals surface area contributed by atoms with Gasteiger partial charge in [-0.25, -0.2) is 13.1 Å². The van der Waals surface area contributed by atoms with Crippen LogP contribution in [0, 0.1) is 5.41 Å². The van der Waals surface area contributed by atoms with Crippen molar-refractivity contribution in [1.82, 2.24) is 4.72 Å². The number of hydrogen-bond donors (Lipinski definition) is 2. The molecule has 0 aliphatic heterocycles. The molecule has 0 amide bonds. The van der Waals surface area contributed by atoms with Gasteiger partial charge in [-0.3, -0.25) is 0 Å². The lowest BCUT2D eigenvalue weighted by Crippen LogP contribution is -2.30. The molecule has 0 spiro atoms. The summed E-state index contributed by atoms with van der Waals surface area (Å²) in [5.74, 6) is 0. The van der Waals surface area contributed by atoms with Crippen molar-refractivity contribution in [2.75, 3.05) is 5.32 Å². The molecule has 4 nitrogen and oxygen atoms in total. The molecule has 1 aliphatic carbocycles. The average Bonchev–Trinajstić information content (AvgIpc) is 2.84. The third-order valence-electron chi connectivity index (χ3n) is 3.41.